The average Bonchev–Trinajstić information content (AvgIpc) is 2.86. The largest absolute Gasteiger partial charge is 0.395 e. The number of aliphatic hydroxyl groups excluding tert-OH is 1. The van der Waals surface area contributed by atoms with Crippen LogP contribution < -0.4 is 0 Å². The van der Waals surface area contributed by atoms with Crippen molar-refractivity contribution in [2.75, 3.05) is 13.2 Å². The van der Waals surface area contributed by atoms with E-state index in [2.05, 4.69) is 35.8 Å². The summed E-state index contributed by atoms with van der Waals surface area (Å²) in [5.41, 5.74) is 0. The monoisotopic (exact) mass is 253 g/mol. The van der Waals surface area contributed by atoms with Crippen molar-refractivity contribution in [1.82, 2.24) is 15.0 Å². The van der Waals surface area contributed by atoms with Gasteiger partial charge in [0.05, 0.1) is 13.2 Å². The summed E-state index contributed by atoms with van der Waals surface area (Å²) in [5, 5.41) is 13.4. The molecule has 5 nitrogen and oxygen atoms in total. The van der Waals surface area contributed by atoms with Crippen LogP contribution in [0.3, 0.4) is 0 Å². The van der Waals surface area contributed by atoms with E-state index in [1.54, 1.807) is 0 Å². The molecule has 2 heterocycles. The lowest BCUT2D eigenvalue weighted by Crippen LogP contribution is -2.34. The van der Waals surface area contributed by atoms with Crippen LogP contribution in [0, 0.1) is 11.8 Å². The van der Waals surface area contributed by atoms with Gasteiger partial charge in [-0.3, -0.25) is 4.90 Å². The third kappa shape index (κ3) is 3.09. The molecule has 1 saturated heterocycles. The molecule has 18 heavy (non-hydrogen) atoms. The third-order valence-electron chi connectivity index (χ3n) is 3.62. The zero-order valence-corrected chi connectivity index (χ0v) is 11.5. The van der Waals surface area contributed by atoms with Crippen LogP contribution in [0.1, 0.15) is 38.9 Å². The molecule has 1 aliphatic heterocycles. The van der Waals surface area contributed by atoms with Gasteiger partial charge in [0.2, 0.25) is 5.89 Å². The maximum Gasteiger partial charge on any atom is 0.240 e. The first-order chi connectivity index (χ1) is 8.60. The van der Waals surface area contributed by atoms with Crippen LogP contribution in [0.2, 0.25) is 0 Å². The van der Waals surface area contributed by atoms with Crippen molar-refractivity contribution in [2.24, 2.45) is 11.8 Å². The van der Waals surface area contributed by atoms with Crippen LogP contribution in [-0.4, -0.2) is 39.3 Å². The maximum atomic E-state index is 9.40. The van der Waals surface area contributed by atoms with Crippen molar-refractivity contribution < 1.29 is 9.63 Å². The Bertz CT molecular complexity index is 378. The van der Waals surface area contributed by atoms with E-state index in [1.165, 1.54) is 0 Å². The molecule has 0 saturated carbocycles. The fraction of sp³-hybridized carbons (Fsp3) is 0.846. The maximum absolute atomic E-state index is 9.40. The van der Waals surface area contributed by atoms with E-state index < -0.39 is 0 Å². The molecule has 0 radical (unpaired) electrons. The van der Waals surface area contributed by atoms with Crippen LogP contribution in [0.25, 0.3) is 0 Å². The van der Waals surface area contributed by atoms with E-state index in [0.29, 0.717) is 24.3 Å². The molecule has 2 atom stereocenters. The highest BCUT2D eigenvalue weighted by molar-refractivity contribution is 4.91. The Morgan fingerprint density at radius 2 is 2.28 bits per heavy atom. The zero-order chi connectivity index (χ0) is 13.1. The molecule has 2 rings (SSSR count). The number of aliphatic hydroxyl groups is 1. The number of aromatic nitrogens is 2. The van der Waals surface area contributed by atoms with Crippen LogP contribution >= 0.6 is 0 Å². The van der Waals surface area contributed by atoms with Crippen molar-refractivity contribution in [1.29, 1.82) is 0 Å². The minimum absolute atomic E-state index is 0.203. The Balaban J connectivity index is 1.95. The molecule has 2 unspecified atom stereocenters. The molecule has 1 aromatic rings. The van der Waals surface area contributed by atoms with Crippen molar-refractivity contribution in [3.63, 3.8) is 0 Å². The number of likely N-dealkylation sites (tertiary alicyclic amines) is 1. The van der Waals surface area contributed by atoms with Crippen molar-refractivity contribution in [2.45, 2.75) is 46.2 Å². The summed E-state index contributed by atoms with van der Waals surface area (Å²) in [4.78, 5) is 6.64. The predicted octanol–water partition coefficient (Wildman–Crippen LogP) is 1.47. The van der Waals surface area contributed by atoms with Crippen LogP contribution in [0.5, 0.6) is 0 Å². The standard InChI is InChI=1S/C13H23N3O2/c1-9(2)6-12-14-13(18-15-12)7-16-5-4-10(3)11(16)8-17/h9-11,17H,4-8H2,1-3H3. The van der Waals surface area contributed by atoms with Gasteiger partial charge in [0, 0.05) is 12.5 Å². The lowest BCUT2D eigenvalue weighted by molar-refractivity contribution is 0.123. The molecule has 0 bridgehead atoms. The SMILES string of the molecule is CC(C)Cc1noc(CN2CCC(C)C2CO)n1. The highest BCUT2D eigenvalue weighted by Crippen LogP contribution is 2.24. The van der Waals surface area contributed by atoms with Gasteiger partial charge in [0.25, 0.3) is 0 Å². The molecule has 5 heteroatoms. The van der Waals surface area contributed by atoms with E-state index in [0.717, 1.165) is 25.2 Å². The molecule has 1 aromatic heterocycles. The van der Waals surface area contributed by atoms with Crippen LogP contribution in [0.15, 0.2) is 4.52 Å². The molecule has 1 aliphatic rings. The number of hydrogen-bond donors (Lipinski definition) is 1. The summed E-state index contributed by atoms with van der Waals surface area (Å²) in [6.45, 7) is 8.31. The van der Waals surface area contributed by atoms with E-state index in [4.69, 9.17) is 4.52 Å². The lowest BCUT2D eigenvalue weighted by atomic mass is 10.0. The van der Waals surface area contributed by atoms with Gasteiger partial charge in [-0.2, -0.15) is 4.98 Å². The number of nitrogens with zero attached hydrogens (tertiary/aromatic N) is 3. The lowest BCUT2D eigenvalue weighted by Gasteiger charge is -2.23. The first-order valence-electron chi connectivity index (χ1n) is 6.76. The molecule has 0 spiro atoms. The molecular weight excluding hydrogens is 230 g/mol. The molecule has 1 N–H and O–H groups in total. The Kier molecular flexibility index (Phi) is 4.35. The number of rotatable bonds is 5. The van der Waals surface area contributed by atoms with Crippen molar-refractivity contribution in [3.8, 4) is 0 Å². The van der Waals surface area contributed by atoms with Gasteiger partial charge in [-0.25, -0.2) is 0 Å². The second kappa shape index (κ2) is 5.80. The second-order valence-corrected chi connectivity index (χ2v) is 5.69. The Hall–Kier alpha value is -0.940. The third-order valence-corrected chi connectivity index (χ3v) is 3.62. The molecule has 0 aliphatic carbocycles. The van der Waals surface area contributed by atoms with Gasteiger partial charge in [0.1, 0.15) is 0 Å². The summed E-state index contributed by atoms with van der Waals surface area (Å²) >= 11 is 0. The average molecular weight is 253 g/mol. The minimum Gasteiger partial charge on any atom is -0.395 e. The summed E-state index contributed by atoms with van der Waals surface area (Å²) < 4.78 is 5.27. The summed E-state index contributed by atoms with van der Waals surface area (Å²) in [5.74, 6) is 2.52. The summed E-state index contributed by atoms with van der Waals surface area (Å²) in [6, 6.07) is 0.227. The predicted molar refractivity (Wildman–Crippen MR) is 67.9 cm³/mol. The van der Waals surface area contributed by atoms with Gasteiger partial charge in [-0.15, -0.1) is 0 Å². The van der Waals surface area contributed by atoms with E-state index >= 15 is 0 Å². The molecule has 1 fully saturated rings. The smallest absolute Gasteiger partial charge is 0.240 e. The summed E-state index contributed by atoms with van der Waals surface area (Å²) in [6.07, 6.45) is 1.97. The highest BCUT2D eigenvalue weighted by atomic mass is 16.5. The minimum atomic E-state index is 0.203. The quantitative estimate of drug-likeness (QED) is 0.861. The Labute approximate surface area is 108 Å². The topological polar surface area (TPSA) is 62.4 Å². The van der Waals surface area contributed by atoms with E-state index in [-0.39, 0.29) is 12.6 Å². The number of hydrogen-bond acceptors (Lipinski definition) is 5. The van der Waals surface area contributed by atoms with Gasteiger partial charge < -0.3 is 9.63 Å². The zero-order valence-electron chi connectivity index (χ0n) is 11.5. The van der Waals surface area contributed by atoms with Crippen molar-refractivity contribution >= 4 is 0 Å². The van der Waals surface area contributed by atoms with Gasteiger partial charge >= 0.3 is 0 Å². The van der Waals surface area contributed by atoms with Crippen molar-refractivity contribution in [3.05, 3.63) is 11.7 Å². The molecule has 0 amide bonds. The Morgan fingerprint density at radius 3 is 2.94 bits per heavy atom. The fourth-order valence-corrected chi connectivity index (χ4v) is 2.56. The van der Waals surface area contributed by atoms with Gasteiger partial charge in [-0.1, -0.05) is 25.9 Å². The van der Waals surface area contributed by atoms with E-state index in [1.807, 2.05) is 0 Å². The fourth-order valence-electron chi connectivity index (χ4n) is 2.56. The molecular formula is C13H23N3O2. The van der Waals surface area contributed by atoms with E-state index in [9.17, 15) is 5.11 Å². The van der Waals surface area contributed by atoms with Crippen LogP contribution in [-0.2, 0) is 13.0 Å². The molecule has 102 valence electrons. The second-order valence-electron chi connectivity index (χ2n) is 5.69. The van der Waals surface area contributed by atoms with Crippen LogP contribution in [0.4, 0.5) is 0 Å². The highest BCUT2D eigenvalue weighted by Gasteiger charge is 2.31. The first kappa shape index (κ1) is 13.5. The first-order valence-corrected chi connectivity index (χ1v) is 6.76. The summed E-state index contributed by atoms with van der Waals surface area (Å²) in [7, 11) is 0. The molecule has 0 aromatic carbocycles. The van der Waals surface area contributed by atoms with Gasteiger partial charge in [-0.05, 0) is 24.8 Å². The Morgan fingerprint density at radius 1 is 1.50 bits per heavy atom. The normalized spacial score (nSPS) is 25.2. The van der Waals surface area contributed by atoms with Gasteiger partial charge in [0.15, 0.2) is 5.82 Å².